The van der Waals surface area contributed by atoms with Crippen molar-refractivity contribution in [3.63, 3.8) is 0 Å². The van der Waals surface area contributed by atoms with E-state index in [1.807, 2.05) is 6.08 Å². The molecule has 0 amide bonds. The molecule has 5 nitrogen and oxygen atoms in total. The third-order valence-electron chi connectivity index (χ3n) is 8.03. The molecule has 0 saturated heterocycles. The Kier molecular flexibility index (Phi) is 6.61. The van der Waals surface area contributed by atoms with Gasteiger partial charge in [-0.1, -0.05) is 54.6 Å². The molecular weight excluding hydrogens is 470 g/mol. The van der Waals surface area contributed by atoms with E-state index in [2.05, 4.69) is 100 Å². The summed E-state index contributed by atoms with van der Waals surface area (Å²) in [6.07, 6.45) is 8.61. The first-order valence-electron chi connectivity index (χ1n) is 13.3. The molecule has 0 radical (unpaired) electrons. The second kappa shape index (κ2) is 10.3. The number of methoxy groups -OCH3 is 1. The number of aromatic amines is 1. The van der Waals surface area contributed by atoms with Gasteiger partial charge >= 0.3 is 5.97 Å². The first-order valence-corrected chi connectivity index (χ1v) is 13.3. The fraction of sp³-hybridized carbons (Fsp3) is 0.242. The topological polar surface area (TPSA) is 50.3 Å². The molecule has 38 heavy (non-hydrogen) atoms. The number of nitrogens with zero attached hydrogens (tertiary/aromatic N) is 2. The average Bonchev–Trinajstić information content (AvgIpc) is 3.65. The van der Waals surface area contributed by atoms with E-state index in [9.17, 15) is 4.79 Å². The summed E-state index contributed by atoms with van der Waals surface area (Å²) in [7, 11) is 3.58. The molecule has 5 heteroatoms. The summed E-state index contributed by atoms with van der Waals surface area (Å²) in [5, 5.41) is 2.60. The van der Waals surface area contributed by atoms with Crippen LogP contribution < -0.4 is 0 Å². The molecule has 2 heterocycles. The highest BCUT2D eigenvalue weighted by Crippen LogP contribution is 2.38. The number of hydrogen-bond donors (Lipinski definition) is 1. The highest BCUT2D eigenvalue weighted by molar-refractivity contribution is 5.87. The van der Waals surface area contributed by atoms with Gasteiger partial charge in [0.05, 0.1) is 7.11 Å². The van der Waals surface area contributed by atoms with Gasteiger partial charge in [0, 0.05) is 60.6 Å². The maximum Gasteiger partial charge on any atom is 0.330 e. The molecule has 1 atom stereocenters. The van der Waals surface area contributed by atoms with Gasteiger partial charge in [-0.3, -0.25) is 4.90 Å². The Labute approximate surface area is 223 Å². The third-order valence-corrected chi connectivity index (χ3v) is 8.03. The van der Waals surface area contributed by atoms with Gasteiger partial charge in [-0.25, -0.2) is 4.79 Å². The van der Waals surface area contributed by atoms with Crippen LogP contribution >= 0.6 is 0 Å². The number of benzene rings is 3. The number of carbonyl (C=O) groups is 1. The predicted molar refractivity (Wildman–Crippen MR) is 154 cm³/mol. The lowest BCUT2D eigenvalue weighted by Crippen LogP contribution is -2.30. The molecule has 1 aliphatic rings. The number of H-pyrrole nitrogens is 1. The number of carbonyl (C=O) groups excluding carboxylic acids is 1. The molecule has 0 fully saturated rings. The number of hydrogen-bond acceptors (Lipinski definition) is 3. The van der Waals surface area contributed by atoms with Gasteiger partial charge in [0.15, 0.2) is 0 Å². The van der Waals surface area contributed by atoms with E-state index in [1.165, 1.54) is 57.4 Å². The summed E-state index contributed by atoms with van der Waals surface area (Å²) >= 11 is 0. The minimum Gasteiger partial charge on any atom is -0.466 e. The lowest BCUT2D eigenvalue weighted by atomic mass is 10.0. The molecular formula is C33H33N3O2. The van der Waals surface area contributed by atoms with Crippen molar-refractivity contribution in [1.82, 2.24) is 14.5 Å². The van der Waals surface area contributed by atoms with E-state index < -0.39 is 0 Å². The van der Waals surface area contributed by atoms with Crippen molar-refractivity contribution in [2.75, 3.05) is 13.7 Å². The highest BCUT2D eigenvalue weighted by atomic mass is 16.5. The van der Waals surface area contributed by atoms with Crippen molar-refractivity contribution in [3.8, 4) is 0 Å². The molecule has 0 spiro atoms. The van der Waals surface area contributed by atoms with E-state index in [4.69, 9.17) is 4.74 Å². The Balaban J connectivity index is 1.30. The molecule has 1 aliphatic carbocycles. The van der Waals surface area contributed by atoms with Crippen LogP contribution in [0.5, 0.6) is 0 Å². The monoisotopic (exact) mass is 503 g/mol. The lowest BCUT2D eigenvalue weighted by Gasteiger charge is -2.30. The van der Waals surface area contributed by atoms with Gasteiger partial charge in [0.25, 0.3) is 0 Å². The number of fused-ring (bicyclic) bond motifs is 3. The zero-order valence-corrected chi connectivity index (χ0v) is 22.0. The van der Waals surface area contributed by atoms with Crippen LogP contribution in [0, 0.1) is 0 Å². The fourth-order valence-electron chi connectivity index (χ4n) is 5.98. The van der Waals surface area contributed by atoms with E-state index in [1.54, 1.807) is 0 Å². The number of rotatable bonds is 8. The minimum atomic E-state index is -0.332. The highest BCUT2D eigenvalue weighted by Gasteiger charge is 2.29. The first kappa shape index (κ1) is 24.3. The standard InChI is InChI=1S/C33H33N3O2/c1-35-27(20-25-7-3-6-10-31(25)35)22-36(18-17-26-21-34-30-9-5-4-8-28(26)30)32-15-13-24-19-23(11-14-29(24)32)12-16-33(37)38-2/h3-12,14,16,19-21,32,34H,13,15,17-18,22H2,1-2H3/b16-12+. The first-order chi connectivity index (χ1) is 18.6. The van der Waals surface area contributed by atoms with E-state index in [0.717, 1.165) is 37.9 Å². The van der Waals surface area contributed by atoms with Crippen LogP contribution in [0.25, 0.3) is 27.9 Å². The van der Waals surface area contributed by atoms with Crippen molar-refractivity contribution in [1.29, 1.82) is 0 Å². The van der Waals surface area contributed by atoms with Crippen LogP contribution in [0.15, 0.2) is 85.1 Å². The number of aryl methyl sites for hydroxylation is 2. The van der Waals surface area contributed by atoms with Crippen molar-refractivity contribution >= 4 is 33.9 Å². The third kappa shape index (κ3) is 4.66. The van der Waals surface area contributed by atoms with Crippen LogP contribution in [0.4, 0.5) is 0 Å². The van der Waals surface area contributed by atoms with Crippen LogP contribution in [-0.2, 0) is 36.0 Å². The lowest BCUT2D eigenvalue weighted by molar-refractivity contribution is -0.134. The number of ether oxygens (including phenoxy) is 1. The van der Waals surface area contributed by atoms with Gasteiger partial charge < -0.3 is 14.3 Å². The number of nitrogens with one attached hydrogen (secondary N) is 1. The summed E-state index contributed by atoms with van der Waals surface area (Å²) in [5.41, 5.74) is 8.97. The maximum absolute atomic E-state index is 11.6. The number of aromatic nitrogens is 2. The summed E-state index contributed by atoms with van der Waals surface area (Å²) in [6, 6.07) is 26.5. The van der Waals surface area contributed by atoms with Crippen LogP contribution in [0.2, 0.25) is 0 Å². The minimum absolute atomic E-state index is 0.332. The molecule has 0 saturated carbocycles. The van der Waals surface area contributed by atoms with Crippen LogP contribution in [0.1, 0.15) is 40.4 Å². The zero-order valence-electron chi connectivity index (χ0n) is 22.0. The second-order valence-corrected chi connectivity index (χ2v) is 10.2. The molecule has 6 rings (SSSR count). The zero-order chi connectivity index (χ0) is 26.1. The fourth-order valence-corrected chi connectivity index (χ4v) is 5.98. The number of para-hydroxylation sites is 2. The van der Waals surface area contributed by atoms with Gasteiger partial charge in [-0.15, -0.1) is 0 Å². The summed E-state index contributed by atoms with van der Waals surface area (Å²) < 4.78 is 7.09. The van der Waals surface area contributed by atoms with E-state index in [0.29, 0.717) is 6.04 Å². The van der Waals surface area contributed by atoms with E-state index in [-0.39, 0.29) is 5.97 Å². The van der Waals surface area contributed by atoms with Crippen molar-refractivity contribution in [2.24, 2.45) is 7.05 Å². The summed E-state index contributed by atoms with van der Waals surface area (Å²) in [5.74, 6) is -0.332. The maximum atomic E-state index is 11.6. The molecule has 1 N–H and O–H groups in total. The van der Waals surface area contributed by atoms with Gasteiger partial charge in [-0.2, -0.15) is 0 Å². The second-order valence-electron chi connectivity index (χ2n) is 10.2. The van der Waals surface area contributed by atoms with Crippen molar-refractivity contribution in [3.05, 3.63) is 113 Å². The molecule has 1 unspecified atom stereocenters. The van der Waals surface area contributed by atoms with Crippen LogP contribution in [0.3, 0.4) is 0 Å². The Morgan fingerprint density at radius 1 is 1.11 bits per heavy atom. The quantitative estimate of drug-likeness (QED) is 0.192. The number of esters is 1. The van der Waals surface area contributed by atoms with E-state index >= 15 is 0 Å². The predicted octanol–water partition coefficient (Wildman–Crippen LogP) is 6.58. The normalized spacial score (nSPS) is 15.2. The largest absolute Gasteiger partial charge is 0.466 e. The SMILES string of the molecule is COC(=O)/C=C/c1ccc2c(c1)CCC2N(CCc1c[nH]c2ccccc12)Cc1cc2ccccc2n1C. The summed E-state index contributed by atoms with van der Waals surface area (Å²) in [4.78, 5) is 17.7. The average molecular weight is 504 g/mol. The van der Waals surface area contributed by atoms with Gasteiger partial charge in [0.2, 0.25) is 0 Å². The molecule has 5 aromatic rings. The van der Waals surface area contributed by atoms with Gasteiger partial charge in [-0.05, 0) is 71.2 Å². The van der Waals surface area contributed by atoms with Crippen LogP contribution in [-0.4, -0.2) is 34.1 Å². The molecule has 2 aromatic heterocycles. The smallest absolute Gasteiger partial charge is 0.330 e. The van der Waals surface area contributed by atoms with Gasteiger partial charge in [0.1, 0.15) is 0 Å². The molecule has 3 aromatic carbocycles. The Hall–Kier alpha value is -4.09. The Morgan fingerprint density at radius 3 is 2.82 bits per heavy atom. The Morgan fingerprint density at radius 2 is 1.95 bits per heavy atom. The van der Waals surface area contributed by atoms with Crippen molar-refractivity contribution < 1.29 is 9.53 Å². The molecule has 192 valence electrons. The Bertz CT molecular complexity index is 1640. The van der Waals surface area contributed by atoms with Crippen molar-refractivity contribution in [2.45, 2.75) is 31.8 Å². The summed E-state index contributed by atoms with van der Waals surface area (Å²) in [6.45, 7) is 1.86. The molecule has 0 aliphatic heterocycles. The molecule has 0 bridgehead atoms.